The Bertz CT molecular complexity index is 581. The summed E-state index contributed by atoms with van der Waals surface area (Å²) in [4.78, 5) is 15.9. The van der Waals surface area contributed by atoms with Gasteiger partial charge in [-0.2, -0.15) is 0 Å². The Labute approximate surface area is 116 Å². The summed E-state index contributed by atoms with van der Waals surface area (Å²) in [7, 11) is 0. The fourth-order valence-electron chi connectivity index (χ4n) is 2.10. The van der Waals surface area contributed by atoms with E-state index in [1.807, 2.05) is 0 Å². The highest BCUT2D eigenvalue weighted by Gasteiger charge is 2.14. The number of aryl methyl sites for hydroxylation is 3. The number of aromatic nitrogens is 1. The van der Waals surface area contributed by atoms with Gasteiger partial charge in [-0.15, -0.1) is 22.9 Å². The molecule has 0 bridgehead atoms. The van der Waals surface area contributed by atoms with Gasteiger partial charge in [0.05, 0.1) is 5.88 Å². The Morgan fingerprint density at radius 3 is 2.44 bits per heavy atom. The molecule has 0 spiro atoms. The first-order valence-electron chi connectivity index (χ1n) is 5.66. The van der Waals surface area contributed by atoms with E-state index in [1.165, 1.54) is 28.0 Å². The predicted octanol–water partition coefficient (Wildman–Crippen LogP) is 4.16. The van der Waals surface area contributed by atoms with Crippen LogP contribution in [0.3, 0.4) is 0 Å². The molecule has 0 amide bonds. The summed E-state index contributed by atoms with van der Waals surface area (Å²) in [5, 5.41) is 2.66. The average molecular weight is 280 g/mol. The van der Waals surface area contributed by atoms with E-state index in [9.17, 15) is 4.79 Å². The Morgan fingerprint density at radius 1 is 1.28 bits per heavy atom. The third kappa shape index (κ3) is 2.47. The molecule has 4 heteroatoms. The van der Waals surface area contributed by atoms with Crippen LogP contribution < -0.4 is 0 Å². The van der Waals surface area contributed by atoms with Gasteiger partial charge in [-0.05, 0) is 31.9 Å². The fourth-order valence-corrected chi connectivity index (χ4v) is 3.24. The lowest BCUT2D eigenvalue weighted by atomic mass is 10.0. The normalized spacial score (nSPS) is 10.7. The second-order valence-electron chi connectivity index (χ2n) is 4.37. The van der Waals surface area contributed by atoms with Crippen LogP contribution >= 0.6 is 22.9 Å². The quantitative estimate of drug-likeness (QED) is 0.624. The van der Waals surface area contributed by atoms with E-state index < -0.39 is 0 Å². The Kier molecular flexibility index (Phi) is 3.83. The molecule has 18 heavy (non-hydrogen) atoms. The molecular formula is C14H14ClNOS. The summed E-state index contributed by atoms with van der Waals surface area (Å²) in [5.74, 6) is -0.142. The van der Waals surface area contributed by atoms with Crippen molar-refractivity contribution in [2.45, 2.75) is 20.8 Å². The topological polar surface area (TPSA) is 30.0 Å². The van der Waals surface area contributed by atoms with Crippen LogP contribution in [-0.4, -0.2) is 16.6 Å². The van der Waals surface area contributed by atoms with Crippen molar-refractivity contribution in [3.05, 3.63) is 39.9 Å². The minimum Gasteiger partial charge on any atom is -0.291 e. The van der Waals surface area contributed by atoms with Gasteiger partial charge in [0.1, 0.15) is 10.7 Å². The van der Waals surface area contributed by atoms with Crippen LogP contribution in [0.2, 0.25) is 0 Å². The summed E-state index contributed by atoms with van der Waals surface area (Å²) in [6, 6.07) is 4.26. The molecule has 0 atom stereocenters. The second-order valence-corrected chi connectivity index (χ2v) is 5.49. The molecule has 0 saturated heterocycles. The molecule has 0 N–H and O–H groups in total. The number of carbonyl (C=O) groups is 1. The zero-order valence-corrected chi connectivity index (χ0v) is 12.2. The highest BCUT2D eigenvalue weighted by molar-refractivity contribution is 7.13. The fraction of sp³-hybridized carbons (Fsp3) is 0.286. The number of halogens is 1. The molecule has 94 valence electrons. The van der Waals surface area contributed by atoms with E-state index in [-0.39, 0.29) is 11.7 Å². The van der Waals surface area contributed by atoms with Crippen molar-refractivity contribution < 1.29 is 4.79 Å². The molecule has 0 fully saturated rings. The smallest absolute Gasteiger partial charge is 0.196 e. The maximum atomic E-state index is 11.5. The first-order valence-corrected chi connectivity index (χ1v) is 7.07. The van der Waals surface area contributed by atoms with Crippen molar-refractivity contribution in [1.29, 1.82) is 0 Å². The van der Waals surface area contributed by atoms with Crippen LogP contribution in [0.5, 0.6) is 0 Å². The minimum atomic E-state index is -0.124. The molecule has 0 aliphatic heterocycles. The predicted molar refractivity (Wildman–Crippen MR) is 76.8 cm³/mol. The lowest BCUT2D eigenvalue weighted by molar-refractivity contribution is 0.101. The van der Waals surface area contributed by atoms with Crippen LogP contribution in [0.4, 0.5) is 0 Å². The van der Waals surface area contributed by atoms with Gasteiger partial charge < -0.3 is 0 Å². The molecule has 1 heterocycles. The number of hydrogen-bond acceptors (Lipinski definition) is 3. The molecule has 2 nitrogen and oxygen atoms in total. The molecule has 1 aromatic heterocycles. The summed E-state index contributed by atoms with van der Waals surface area (Å²) in [6.07, 6.45) is 0. The molecule has 0 radical (unpaired) electrons. The largest absolute Gasteiger partial charge is 0.291 e. The molecular weight excluding hydrogens is 266 g/mol. The number of alkyl halides is 1. The number of ketones is 1. The van der Waals surface area contributed by atoms with Crippen LogP contribution in [0.15, 0.2) is 17.5 Å². The van der Waals surface area contributed by atoms with E-state index in [0.29, 0.717) is 5.69 Å². The van der Waals surface area contributed by atoms with Crippen molar-refractivity contribution >= 4 is 28.7 Å². The number of hydrogen-bond donors (Lipinski definition) is 0. The van der Waals surface area contributed by atoms with Gasteiger partial charge in [0.15, 0.2) is 5.78 Å². The molecule has 0 saturated carbocycles. The number of carbonyl (C=O) groups excluding carboxylic acids is 1. The molecule has 0 aliphatic carbocycles. The lowest BCUT2D eigenvalue weighted by Crippen LogP contribution is -2.00. The van der Waals surface area contributed by atoms with E-state index in [1.54, 1.807) is 5.38 Å². The zero-order valence-electron chi connectivity index (χ0n) is 10.6. The highest BCUT2D eigenvalue weighted by Crippen LogP contribution is 2.31. The monoisotopic (exact) mass is 279 g/mol. The van der Waals surface area contributed by atoms with Crippen molar-refractivity contribution in [3.8, 4) is 10.6 Å². The Hall–Kier alpha value is -1.19. The van der Waals surface area contributed by atoms with Crippen LogP contribution in [0.25, 0.3) is 10.6 Å². The number of benzene rings is 1. The standard InChI is InChI=1S/C14H14ClNOS/c1-8-4-9(2)13(10(3)5-8)14-16-11(7-18-14)12(17)6-15/h4-5,7H,6H2,1-3H3. The highest BCUT2D eigenvalue weighted by atomic mass is 35.5. The number of thiazole rings is 1. The number of Topliss-reactive ketones (excluding diaryl/α,β-unsaturated/α-hetero) is 1. The number of rotatable bonds is 3. The molecule has 0 aliphatic rings. The summed E-state index contributed by atoms with van der Waals surface area (Å²) < 4.78 is 0. The van der Waals surface area contributed by atoms with E-state index in [0.717, 1.165) is 10.6 Å². The second kappa shape index (κ2) is 5.21. The maximum absolute atomic E-state index is 11.5. The Balaban J connectivity index is 2.49. The van der Waals surface area contributed by atoms with Crippen molar-refractivity contribution in [1.82, 2.24) is 4.98 Å². The SMILES string of the molecule is Cc1cc(C)c(-c2nc(C(=O)CCl)cs2)c(C)c1. The maximum Gasteiger partial charge on any atom is 0.196 e. The summed E-state index contributed by atoms with van der Waals surface area (Å²) in [5.41, 5.74) is 5.20. The molecule has 1 aromatic carbocycles. The van der Waals surface area contributed by atoms with E-state index >= 15 is 0 Å². The summed E-state index contributed by atoms with van der Waals surface area (Å²) in [6.45, 7) is 6.22. The third-order valence-electron chi connectivity index (χ3n) is 2.80. The van der Waals surface area contributed by atoms with Crippen LogP contribution in [0.1, 0.15) is 27.2 Å². The Morgan fingerprint density at radius 2 is 1.89 bits per heavy atom. The van der Waals surface area contributed by atoms with Gasteiger partial charge in [-0.1, -0.05) is 17.7 Å². The average Bonchev–Trinajstić information content (AvgIpc) is 2.76. The zero-order chi connectivity index (χ0) is 13.3. The first-order chi connectivity index (χ1) is 8.52. The first kappa shape index (κ1) is 13.2. The third-order valence-corrected chi connectivity index (χ3v) is 3.90. The van der Waals surface area contributed by atoms with Gasteiger partial charge in [0.25, 0.3) is 0 Å². The van der Waals surface area contributed by atoms with Gasteiger partial charge in [-0.3, -0.25) is 4.79 Å². The number of nitrogens with zero attached hydrogens (tertiary/aromatic N) is 1. The lowest BCUT2D eigenvalue weighted by Gasteiger charge is -2.08. The van der Waals surface area contributed by atoms with Gasteiger partial charge in [-0.25, -0.2) is 4.98 Å². The van der Waals surface area contributed by atoms with E-state index in [2.05, 4.69) is 37.9 Å². The van der Waals surface area contributed by atoms with Crippen LogP contribution in [0, 0.1) is 20.8 Å². The molecule has 2 aromatic rings. The van der Waals surface area contributed by atoms with Crippen LogP contribution in [-0.2, 0) is 0 Å². The minimum absolute atomic E-state index is 0.0188. The van der Waals surface area contributed by atoms with Gasteiger partial charge in [0.2, 0.25) is 0 Å². The van der Waals surface area contributed by atoms with Crippen molar-refractivity contribution in [2.24, 2.45) is 0 Å². The molecule has 2 rings (SSSR count). The van der Waals surface area contributed by atoms with Crippen molar-refractivity contribution in [3.63, 3.8) is 0 Å². The van der Waals surface area contributed by atoms with Crippen molar-refractivity contribution in [2.75, 3.05) is 5.88 Å². The summed E-state index contributed by atoms with van der Waals surface area (Å²) >= 11 is 7.03. The van der Waals surface area contributed by atoms with E-state index in [4.69, 9.17) is 11.6 Å². The van der Waals surface area contributed by atoms with Gasteiger partial charge >= 0.3 is 0 Å². The van der Waals surface area contributed by atoms with Gasteiger partial charge in [0, 0.05) is 10.9 Å². The molecule has 0 unspecified atom stereocenters.